The summed E-state index contributed by atoms with van der Waals surface area (Å²) in [6, 6.07) is 0. The third-order valence-electron chi connectivity index (χ3n) is 3.12. The first-order chi connectivity index (χ1) is 4.86. The summed E-state index contributed by atoms with van der Waals surface area (Å²) in [5, 5.41) is 0. The zero-order valence-corrected chi connectivity index (χ0v) is 7.45. The van der Waals surface area contributed by atoms with E-state index in [1.165, 1.54) is 0 Å². The minimum Gasteiger partial charge on any atom is -0.207 e. The Kier molecular flexibility index (Phi) is 1.97. The van der Waals surface area contributed by atoms with Crippen molar-refractivity contribution in [3.05, 3.63) is 0 Å². The number of halogens is 2. The second-order valence-electron chi connectivity index (χ2n) is 4.34. The molecule has 0 aromatic carbocycles. The second-order valence-corrected chi connectivity index (χ2v) is 4.34. The van der Waals surface area contributed by atoms with E-state index < -0.39 is 5.92 Å². The first-order valence-electron chi connectivity index (χ1n) is 4.24. The van der Waals surface area contributed by atoms with E-state index in [0.717, 1.165) is 0 Å². The lowest BCUT2D eigenvalue weighted by atomic mass is 9.78. The van der Waals surface area contributed by atoms with Gasteiger partial charge in [0, 0.05) is 12.8 Å². The maximum absolute atomic E-state index is 12.8. The Balaban J connectivity index is 2.65. The van der Waals surface area contributed by atoms with Crippen LogP contribution in [0.5, 0.6) is 0 Å². The zero-order valence-electron chi connectivity index (χ0n) is 7.45. The van der Waals surface area contributed by atoms with E-state index in [1.807, 2.05) is 20.8 Å². The van der Waals surface area contributed by atoms with Gasteiger partial charge in [-0.2, -0.15) is 0 Å². The van der Waals surface area contributed by atoms with Gasteiger partial charge in [-0.05, 0) is 17.8 Å². The monoisotopic (exact) mass is 162 g/mol. The molecule has 66 valence electrons. The van der Waals surface area contributed by atoms with E-state index in [0.29, 0.717) is 12.3 Å². The molecular formula is C9H16F2. The summed E-state index contributed by atoms with van der Waals surface area (Å²) in [7, 11) is 0. The van der Waals surface area contributed by atoms with E-state index in [1.54, 1.807) is 0 Å². The van der Waals surface area contributed by atoms with Gasteiger partial charge in [0.1, 0.15) is 0 Å². The van der Waals surface area contributed by atoms with Crippen LogP contribution >= 0.6 is 0 Å². The summed E-state index contributed by atoms with van der Waals surface area (Å²) < 4.78 is 25.6. The van der Waals surface area contributed by atoms with Crippen LogP contribution in [0.3, 0.4) is 0 Å². The maximum atomic E-state index is 12.8. The quantitative estimate of drug-likeness (QED) is 0.553. The smallest absolute Gasteiger partial charge is 0.207 e. The van der Waals surface area contributed by atoms with Crippen LogP contribution in [-0.2, 0) is 0 Å². The maximum Gasteiger partial charge on any atom is 0.248 e. The standard InChI is InChI=1S/C9H16F2/c1-7(2)8(3)4-5-9(10,11)6-8/h7H,4-6H2,1-3H3. The number of rotatable bonds is 1. The summed E-state index contributed by atoms with van der Waals surface area (Å²) in [6.45, 7) is 6.03. The predicted octanol–water partition coefficient (Wildman–Crippen LogP) is 3.47. The van der Waals surface area contributed by atoms with Gasteiger partial charge < -0.3 is 0 Å². The van der Waals surface area contributed by atoms with Crippen molar-refractivity contribution >= 4 is 0 Å². The molecule has 0 N–H and O–H groups in total. The fourth-order valence-corrected chi connectivity index (χ4v) is 1.73. The summed E-state index contributed by atoms with van der Waals surface area (Å²) in [5.74, 6) is -2.02. The van der Waals surface area contributed by atoms with Crippen molar-refractivity contribution < 1.29 is 8.78 Å². The van der Waals surface area contributed by atoms with E-state index in [-0.39, 0.29) is 18.3 Å². The summed E-state index contributed by atoms with van der Waals surface area (Å²) in [5.41, 5.74) is -0.122. The predicted molar refractivity (Wildman–Crippen MR) is 41.7 cm³/mol. The van der Waals surface area contributed by atoms with Crippen LogP contribution in [0.1, 0.15) is 40.0 Å². The third kappa shape index (κ3) is 1.71. The SMILES string of the molecule is CC(C)C1(C)CCC(F)(F)C1. The highest BCUT2D eigenvalue weighted by Crippen LogP contribution is 2.50. The topological polar surface area (TPSA) is 0 Å². The molecular weight excluding hydrogens is 146 g/mol. The van der Waals surface area contributed by atoms with Gasteiger partial charge in [0.25, 0.3) is 0 Å². The Morgan fingerprint density at radius 2 is 1.73 bits per heavy atom. The molecule has 2 heteroatoms. The van der Waals surface area contributed by atoms with Gasteiger partial charge >= 0.3 is 0 Å². The molecule has 0 bridgehead atoms. The van der Waals surface area contributed by atoms with Crippen molar-refractivity contribution in [2.24, 2.45) is 11.3 Å². The second kappa shape index (κ2) is 2.43. The molecule has 0 aromatic heterocycles. The van der Waals surface area contributed by atoms with Crippen LogP contribution in [0.25, 0.3) is 0 Å². The van der Waals surface area contributed by atoms with Crippen LogP contribution < -0.4 is 0 Å². The molecule has 1 atom stereocenters. The molecule has 1 unspecified atom stereocenters. The summed E-state index contributed by atoms with van der Waals surface area (Å²) in [6.07, 6.45) is 0.844. The molecule has 0 nitrogen and oxygen atoms in total. The van der Waals surface area contributed by atoms with Crippen LogP contribution in [0.2, 0.25) is 0 Å². The van der Waals surface area contributed by atoms with Crippen LogP contribution in [0.15, 0.2) is 0 Å². The number of alkyl halides is 2. The zero-order chi connectivity index (χ0) is 8.70. The molecule has 0 aliphatic heterocycles. The van der Waals surface area contributed by atoms with Gasteiger partial charge in [-0.15, -0.1) is 0 Å². The lowest BCUT2D eigenvalue weighted by molar-refractivity contribution is -0.00723. The Labute approximate surface area is 67.0 Å². The molecule has 0 radical (unpaired) electrons. The first-order valence-corrected chi connectivity index (χ1v) is 4.24. The summed E-state index contributed by atoms with van der Waals surface area (Å²) >= 11 is 0. The molecule has 11 heavy (non-hydrogen) atoms. The molecule has 0 amide bonds. The average Bonchev–Trinajstić information content (AvgIpc) is 2.08. The van der Waals surface area contributed by atoms with Crippen molar-refractivity contribution in [3.63, 3.8) is 0 Å². The van der Waals surface area contributed by atoms with E-state index in [2.05, 4.69) is 0 Å². The summed E-state index contributed by atoms with van der Waals surface area (Å²) in [4.78, 5) is 0. The first kappa shape index (κ1) is 8.95. The van der Waals surface area contributed by atoms with E-state index >= 15 is 0 Å². The molecule has 1 aliphatic carbocycles. The van der Waals surface area contributed by atoms with E-state index in [9.17, 15) is 8.78 Å². The Hall–Kier alpha value is -0.140. The Morgan fingerprint density at radius 3 is 1.91 bits per heavy atom. The van der Waals surface area contributed by atoms with Crippen molar-refractivity contribution in [2.45, 2.75) is 46.0 Å². The van der Waals surface area contributed by atoms with Crippen LogP contribution in [0.4, 0.5) is 8.78 Å². The van der Waals surface area contributed by atoms with Crippen molar-refractivity contribution in [1.29, 1.82) is 0 Å². The Morgan fingerprint density at radius 1 is 1.18 bits per heavy atom. The normalized spacial score (nSPS) is 36.5. The van der Waals surface area contributed by atoms with Gasteiger partial charge in [0.05, 0.1) is 0 Å². The minimum absolute atomic E-state index is 0.0810. The molecule has 0 aromatic rings. The number of hydrogen-bond acceptors (Lipinski definition) is 0. The third-order valence-corrected chi connectivity index (χ3v) is 3.12. The van der Waals surface area contributed by atoms with Crippen LogP contribution in [-0.4, -0.2) is 5.92 Å². The van der Waals surface area contributed by atoms with Crippen molar-refractivity contribution in [1.82, 2.24) is 0 Å². The van der Waals surface area contributed by atoms with Crippen LogP contribution in [0, 0.1) is 11.3 Å². The van der Waals surface area contributed by atoms with Gasteiger partial charge in [0.15, 0.2) is 0 Å². The van der Waals surface area contributed by atoms with E-state index in [4.69, 9.17) is 0 Å². The molecule has 1 fully saturated rings. The van der Waals surface area contributed by atoms with Gasteiger partial charge in [0.2, 0.25) is 5.92 Å². The van der Waals surface area contributed by atoms with Gasteiger partial charge in [-0.25, -0.2) is 8.78 Å². The highest BCUT2D eigenvalue weighted by atomic mass is 19.3. The number of hydrogen-bond donors (Lipinski definition) is 0. The fourth-order valence-electron chi connectivity index (χ4n) is 1.73. The average molecular weight is 162 g/mol. The highest BCUT2D eigenvalue weighted by Gasteiger charge is 2.47. The fraction of sp³-hybridized carbons (Fsp3) is 1.00. The minimum atomic E-state index is -2.39. The largest absolute Gasteiger partial charge is 0.248 e. The Bertz CT molecular complexity index is 152. The molecule has 0 heterocycles. The van der Waals surface area contributed by atoms with Crippen molar-refractivity contribution in [3.8, 4) is 0 Å². The lowest BCUT2D eigenvalue weighted by Crippen LogP contribution is -2.22. The van der Waals surface area contributed by atoms with Crippen molar-refractivity contribution in [2.75, 3.05) is 0 Å². The molecule has 1 rings (SSSR count). The molecule has 0 spiro atoms. The van der Waals surface area contributed by atoms with Gasteiger partial charge in [-0.1, -0.05) is 20.8 Å². The highest BCUT2D eigenvalue weighted by molar-refractivity contribution is 4.91. The molecule has 1 aliphatic rings. The van der Waals surface area contributed by atoms with Gasteiger partial charge in [-0.3, -0.25) is 0 Å². The lowest BCUT2D eigenvalue weighted by Gasteiger charge is -2.28. The molecule has 1 saturated carbocycles. The molecule has 0 saturated heterocycles.